The number of halogens is 1. The molecule has 224 valence electrons. The standard InChI is InChI=1S/C29H29ClN6O7/c1-42-23-14-24(43-2)20(12-19(23)30)34-27(39)22(13-25(31)37)36-21-8-4-3-7-18(21)28(40)35(29(36)41)16-26(38)33-11-9-17-6-5-10-32-15-17/h3-8,10,12,14-15,22H,9,11,13,16H2,1-2H3,(H2,31,37)(H,33,38)(H,34,39). The van der Waals surface area contributed by atoms with Gasteiger partial charge in [0.2, 0.25) is 17.7 Å². The van der Waals surface area contributed by atoms with Crippen molar-refractivity contribution in [2.75, 3.05) is 26.1 Å². The normalized spacial score (nSPS) is 11.5. The Kier molecular flexibility index (Phi) is 9.78. The minimum Gasteiger partial charge on any atom is -0.495 e. The molecule has 0 bridgehead atoms. The Morgan fingerprint density at radius 1 is 1.05 bits per heavy atom. The van der Waals surface area contributed by atoms with Crippen molar-refractivity contribution < 1.29 is 23.9 Å². The van der Waals surface area contributed by atoms with Crippen LogP contribution in [0, 0.1) is 0 Å². The highest BCUT2D eigenvalue weighted by Gasteiger charge is 2.29. The Morgan fingerprint density at radius 2 is 1.79 bits per heavy atom. The molecule has 0 aliphatic rings. The molecule has 2 aromatic heterocycles. The Morgan fingerprint density at radius 3 is 2.47 bits per heavy atom. The van der Waals surface area contributed by atoms with Gasteiger partial charge in [0.25, 0.3) is 5.56 Å². The van der Waals surface area contributed by atoms with E-state index in [-0.39, 0.29) is 33.9 Å². The second-order valence-electron chi connectivity index (χ2n) is 9.38. The van der Waals surface area contributed by atoms with E-state index >= 15 is 0 Å². The van der Waals surface area contributed by atoms with Crippen molar-refractivity contribution in [3.05, 3.63) is 92.3 Å². The first-order valence-corrected chi connectivity index (χ1v) is 13.4. The highest BCUT2D eigenvalue weighted by molar-refractivity contribution is 6.32. The largest absolute Gasteiger partial charge is 0.495 e. The van der Waals surface area contributed by atoms with Crippen LogP contribution in [-0.2, 0) is 27.3 Å². The van der Waals surface area contributed by atoms with E-state index in [1.54, 1.807) is 30.6 Å². The molecule has 14 heteroatoms. The fraction of sp³-hybridized carbons (Fsp3) is 0.241. The third-order valence-electron chi connectivity index (χ3n) is 6.58. The number of hydrogen-bond donors (Lipinski definition) is 3. The quantitative estimate of drug-likeness (QED) is 0.217. The van der Waals surface area contributed by atoms with Crippen molar-refractivity contribution in [3.63, 3.8) is 0 Å². The summed E-state index contributed by atoms with van der Waals surface area (Å²) in [6, 6.07) is 11.0. The van der Waals surface area contributed by atoms with E-state index in [0.717, 1.165) is 10.1 Å². The predicted molar refractivity (Wildman–Crippen MR) is 159 cm³/mol. The van der Waals surface area contributed by atoms with E-state index in [0.29, 0.717) is 16.7 Å². The molecule has 4 rings (SSSR count). The first-order valence-electron chi connectivity index (χ1n) is 13.0. The number of methoxy groups -OCH3 is 2. The maximum Gasteiger partial charge on any atom is 0.332 e. The molecule has 4 aromatic rings. The second-order valence-corrected chi connectivity index (χ2v) is 9.79. The van der Waals surface area contributed by atoms with Crippen LogP contribution in [0.25, 0.3) is 10.9 Å². The number of anilines is 1. The Bertz CT molecular complexity index is 1790. The van der Waals surface area contributed by atoms with Gasteiger partial charge in [-0.1, -0.05) is 29.8 Å². The van der Waals surface area contributed by atoms with E-state index in [9.17, 15) is 24.0 Å². The molecular weight excluding hydrogens is 580 g/mol. The molecule has 0 fully saturated rings. The molecule has 0 aliphatic carbocycles. The van der Waals surface area contributed by atoms with Gasteiger partial charge in [0.1, 0.15) is 24.1 Å². The number of aromatic nitrogens is 3. The van der Waals surface area contributed by atoms with Crippen LogP contribution in [0.1, 0.15) is 18.0 Å². The number of hydrogen-bond acceptors (Lipinski definition) is 8. The minimum atomic E-state index is -1.51. The maximum atomic E-state index is 13.8. The van der Waals surface area contributed by atoms with Crippen molar-refractivity contribution in [1.29, 1.82) is 0 Å². The number of para-hydroxylation sites is 1. The van der Waals surface area contributed by atoms with Gasteiger partial charge in [-0.05, 0) is 36.2 Å². The van der Waals surface area contributed by atoms with Crippen LogP contribution in [0.5, 0.6) is 11.5 Å². The lowest BCUT2D eigenvalue weighted by Crippen LogP contribution is -2.47. The lowest BCUT2D eigenvalue weighted by atomic mass is 10.1. The van der Waals surface area contributed by atoms with Gasteiger partial charge in [-0.2, -0.15) is 0 Å². The molecule has 1 unspecified atom stereocenters. The summed E-state index contributed by atoms with van der Waals surface area (Å²) < 4.78 is 12.2. The number of rotatable bonds is 12. The molecule has 43 heavy (non-hydrogen) atoms. The number of nitrogens with one attached hydrogen (secondary N) is 2. The van der Waals surface area contributed by atoms with Crippen LogP contribution in [0.3, 0.4) is 0 Å². The Labute approximate surface area is 250 Å². The fourth-order valence-corrected chi connectivity index (χ4v) is 4.77. The first kappa shape index (κ1) is 30.8. The zero-order chi connectivity index (χ0) is 31.1. The number of nitrogens with zero attached hydrogens (tertiary/aromatic N) is 3. The van der Waals surface area contributed by atoms with E-state index in [1.165, 1.54) is 38.5 Å². The zero-order valence-corrected chi connectivity index (χ0v) is 24.1. The number of nitrogens with two attached hydrogens (primary N) is 1. The van der Waals surface area contributed by atoms with Crippen LogP contribution in [0.2, 0.25) is 5.02 Å². The number of ether oxygens (including phenoxy) is 2. The number of benzene rings is 2. The molecule has 13 nitrogen and oxygen atoms in total. The Hall–Kier alpha value is -5.17. The van der Waals surface area contributed by atoms with E-state index in [2.05, 4.69) is 15.6 Å². The summed E-state index contributed by atoms with van der Waals surface area (Å²) >= 11 is 6.24. The number of pyridine rings is 1. The Balaban J connectivity index is 1.72. The monoisotopic (exact) mass is 608 g/mol. The first-order chi connectivity index (χ1) is 20.6. The maximum absolute atomic E-state index is 13.8. The van der Waals surface area contributed by atoms with Crippen molar-refractivity contribution in [2.24, 2.45) is 5.73 Å². The van der Waals surface area contributed by atoms with E-state index < -0.39 is 48.0 Å². The van der Waals surface area contributed by atoms with Gasteiger partial charge in [-0.3, -0.25) is 33.3 Å². The number of carbonyl (C=O) groups is 3. The third kappa shape index (κ3) is 7.01. The van der Waals surface area contributed by atoms with Crippen molar-refractivity contribution in [1.82, 2.24) is 19.4 Å². The van der Waals surface area contributed by atoms with Crippen molar-refractivity contribution >= 4 is 45.9 Å². The average Bonchev–Trinajstić information content (AvgIpc) is 2.99. The summed E-state index contributed by atoms with van der Waals surface area (Å²) in [5.41, 5.74) is 4.88. The lowest BCUT2D eigenvalue weighted by Gasteiger charge is -2.22. The third-order valence-corrected chi connectivity index (χ3v) is 6.87. The van der Waals surface area contributed by atoms with Crippen LogP contribution >= 0.6 is 11.6 Å². The van der Waals surface area contributed by atoms with Gasteiger partial charge >= 0.3 is 5.69 Å². The molecule has 2 heterocycles. The number of amides is 3. The molecule has 0 aliphatic heterocycles. The highest BCUT2D eigenvalue weighted by atomic mass is 35.5. The molecule has 0 saturated heterocycles. The lowest BCUT2D eigenvalue weighted by molar-refractivity contribution is -0.125. The molecule has 0 saturated carbocycles. The molecule has 3 amide bonds. The van der Waals surface area contributed by atoms with Gasteiger partial charge in [-0.25, -0.2) is 4.79 Å². The van der Waals surface area contributed by atoms with Gasteiger partial charge < -0.3 is 25.8 Å². The topological polar surface area (TPSA) is 177 Å². The molecular formula is C29H29ClN6O7. The molecule has 0 radical (unpaired) electrons. The number of primary amides is 1. The van der Waals surface area contributed by atoms with Gasteiger partial charge in [0.05, 0.1) is 42.3 Å². The van der Waals surface area contributed by atoms with Crippen molar-refractivity contribution in [2.45, 2.75) is 25.4 Å². The van der Waals surface area contributed by atoms with E-state index in [1.807, 2.05) is 6.07 Å². The molecule has 0 spiro atoms. The SMILES string of the molecule is COc1cc(OC)c(NC(=O)C(CC(N)=O)n2c(=O)n(CC(=O)NCCc3cccnc3)c(=O)c3ccccc32)cc1Cl. The predicted octanol–water partition coefficient (Wildman–Crippen LogP) is 1.64. The highest BCUT2D eigenvalue weighted by Crippen LogP contribution is 2.36. The van der Waals surface area contributed by atoms with Gasteiger partial charge in [0, 0.05) is 25.0 Å². The molecule has 2 aromatic carbocycles. The summed E-state index contributed by atoms with van der Waals surface area (Å²) in [5, 5.41) is 5.52. The zero-order valence-electron chi connectivity index (χ0n) is 23.3. The summed E-state index contributed by atoms with van der Waals surface area (Å²) in [7, 11) is 2.78. The fourth-order valence-electron chi connectivity index (χ4n) is 4.53. The van der Waals surface area contributed by atoms with Crippen molar-refractivity contribution in [3.8, 4) is 11.5 Å². The van der Waals surface area contributed by atoms with Gasteiger partial charge in [0.15, 0.2) is 0 Å². The summed E-state index contributed by atoms with van der Waals surface area (Å²) in [5.74, 6) is -1.83. The summed E-state index contributed by atoms with van der Waals surface area (Å²) in [6.07, 6.45) is 3.18. The molecule has 4 N–H and O–H groups in total. The smallest absolute Gasteiger partial charge is 0.332 e. The van der Waals surface area contributed by atoms with Crippen LogP contribution in [0.15, 0.2) is 70.5 Å². The summed E-state index contributed by atoms with van der Waals surface area (Å²) in [4.78, 5) is 69.8. The second kappa shape index (κ2) is 13.7. The summed E-state index contributed by atoms with van der Waals surface area (Å²) in [6.45, 7) is -0.387. The molecule has 1 atom stereocenters. The van der Waals surface area contributed by atoms with E-state index in [4.69, 9.17) is 26.8 Å². The number of carbonyl (C=O) groups excluding carboxylic acids is 3. The van der Waals surface area contributed by atoms with Crippen LogP contribution in [-0.4, -0.2) is 52.6 Å². The minimum absolute atomic E-state index is 0.0533. The van der Waals surface area contributed by atoms with Gasteiger partial charge in [-0.15, -0.1) is 0 Å². The number of fused-ring (bicyclic) bond motifs is 1. The van der Waals surface area contributed by atoms with Crippen LogP contribution in [0.4, 0.5) is 5.69 Å². The average molecular weight is 609 g/mol. The van der Waals surface area contributed by atoms with Crippen LogP contribution < -0.4 is 37.1 Å².